The minimum absolute atomic E-state index is 0.00227. The monoisotopic (exact) mass is 596 g/mol. The molecule has 4 amide bonds. The standard InChI is InChI=1S/C33H48N4O6/c1-22(2)34-33(41)36(6)20-30-23(3)19-37(24(4)21-38)32(40)28-18-27(35-31(39)26-13-8-7-9-14-26)15-16-29(28)43-25(5)12-10-11-17-42-30/h7-9,13-16,18,22-25,30,38H,10-12,17,19-21H2,1-6H3,(H,34,41)(H,35,39)/t23-,24+,25+,30-/m1/s1. The summed E-state index contributed by atoms with van der Waals surface area (Å²) in [5.41, 5.74) is 1.26. The highest BCUT2D eigenvalue weighted by molar-refractivity contribution is 6.05. The first-order valence-electron chi connectivity index (χ1n) is 15.2. The summed E-state index contributed by atoms with van der Waals surface area (Å²) < 4.78 is 12.6. The second-order valence-corrected chi connectivity index (χ2v) is 11.8. The van der Waals surface area contributed by atoms with Crippen LogP contribution in [0.15, 0.2) is 48.5 Å². The zero-order valence-electron chi connectivity index (χ0n) is 26.3. The van der Waals surface area contributed by atoms with Crippen LogP contribution in [-0.2, 0) is 4.74 Å². The van der Waals surface area contributed by atoms with Crippen molar-refractivity contribution in [2.24, 2.45) is 5.92 Å². The number of nitrogens with one attached hydrogen (secondary N) is 2. The number of anilines is 1. The molecule has 2 aromatic carbocycles. The lowest BCUT2D eigenvalue weighted by atomic mass is 10.0. The molecule has 0 unspecified atom stereocenters. The Hall–Kier alpha value is -3.63. The van der Waals surface area contributed by atoms with Crippen molar-refractivity contribution in [1.29, 1.82) is 0 Å². The number of amides is 4. The number of rotatable bonds is 7. The number of fused-ring (bicyclic) bond motifs is 1. The van der Waals surface area contributed by atoms with E-state index in [1.807, 2.05) is 33.8 Å². The second-order valence-electron chi connectivity index (χ2n) is 11.8. The summed E-state index contributed by atoms with van der Waals surface area (Å²) in [6, 6.07) is 13.3. The van der Waals surface area contributed by atoms with E-state index in [1.165, 1.54) is 0 Å². The Balaban J connectivity index is 1.94. The molecule has 10 nitrogen and oxygen atoms in total. The number of aliphatic hydroxyl groups is 1. The van der Waals surface area contributed by atoms with Crippen molar-refractivity contribution in [2.45, 2.75) is 78.2 Å². The molecule has 1 heterocycles. The van der Waals surface area contributed by atoms with E-state index in [4.69, 9.17) is 9.47 Å². The molecule has 43 heavy (non-hydrogen) atoms. The number of aliphatic hydroxyl groups excluding tert-OH is 1. The molecule has 0 fully saturated rings. The van der Waals surface area contributed by atoms with Gasteiger partial charge in [-0.05, 0) is 77.3 Å². The fraction of sp³-hybridized carbons (Fsp3) is 0.545. The molecule has 0 radical (unpaired) electrons. The average molecular weight is 597 g/mol. The van der Waals surface area contributed by atoms with Crippen LogP contribution in [0, 0.1) is 5.92 Å². The van der Waals surface area contributed by atoms with Crippen molar-refractivity contribution in [1.82, 2.24) is 15.1 Å². The molecule has 0 bridgehead atoms. The number of hydrogen-bond donors (Lipinski definition) is 3. The first kappa shape index (κ1) is 33.9. The SMILES string of the molecule is CC(C)NC(=O)N(C)C[C@H]1OCCCC[C@H](C)Oc2ccc(NC(=O)c3ccccc3)cc2C(=O)N([C@@H](C)CO)C[C@H]1C. The Morgan fingerprint density at radius 3 is 2.49 bits per heavy atom. The first-order chi connectivity index (χ1) is 20.5. The third kappa shape index (κ3) is 9.96. The van der Waals surface area contributed by atoms with Crippen LogP contribution in [0.4, 0.5) is 10.5 Å². The molecule has 0 spiro atoms. The van der Waals surface area contributed by atoms with Gasteiger partial charge >= 0.3 is 6.03 Å². The number of benzene rings is 2. The van der Waals surface area contributed by atoms with Gasteiger partial charge in [-0.1, -0.05) is 25.1 Å². The minimum Gasteiger partial charge on any atom is -0.490 e. The second kappa shape index (κ2) is 16.3. The normalized spacial score (nSPS) is 20.8. The van der Waals surface area contributed by atoms with Gasteiger partial charge in [0.2, 0.25) is 0 Å². The van der Waals surface area contributed by atoms with Crippen molar-refractivity contribution in [3.8, 4) is 5.75 Å². The zero-order valence-corrected chi connectivity index (χ0v) is 26.3. The van der Waals surface area contributed by atoms with Gasteiger partial charge in [-0.2, -0.15) is 0 Å². The van der Waals surface area contributed by atoms with E-state index >= 15 is 0 Å². The van der Waals surface area contributed by atoms with Gasteiger partial charge in [-0.25, -0.2) is 4.79 Å². The lowest BCUT2D eigenvalue weighted by Gasteiger charge is -2.36. The number of nitrogens with zero attached hydrogens (tertiary/aromatic N) is 2. The molecule has 1 aliphatic heterocycles. The van der Waals surface area contributed by atoms with Crippen LogP contribution < -0.4 is 15.4 Å². The van der Waals surface area contributed by atoms with Gasteiger partial charge < -0.3 is 35.0 Å². The predicted octanol–water partition coefficient (Wildman–Crippen LogP) is 4.78. The summed E-state index contributed by atoms with van der Waals surface area (Å²) in [6.45, 7) is 10.5. The number of hydrogen-bond acceptors (Lipinski definition) is 6. The van der Waals surface area contributed by atoms with Gasteiger partial charge in [-0.15, -0.1) is 0 Å². The Bertz CT molecular complexity index is 1210. The maximum absolute atomic E-state index is 14.2. The molecule has 3 rings (SSSR count). The zero-order chi connectivity index (χ0) is 31.5. The summed E-state index contributed by atoms with van der Waals surface area (Å²) in [7, 11) is 1.74. The van der Waals surface area contributed by atoms with Gasteiger partial charge in [0.1, 0.15) is 5.75 Å². The smallest absolute Gasteiger partial charge is 0.317 e. The predicted molar refractivity (Wildman–Crippen MR) is 168 cm³/mol. The summed E-state index contributed by atoms with van der Waals surface area (Å²) >= 11 is 0. The maximum Gasteiger partial charge on any atom is 0.317 e. The lowest BCUT2D eigenvalue weighted by Crippen LogP contribution is -2.49. The maximum atomic E-state index is 14.2. The molecule has 10 heteroatoms. The summed E-state index contributed by atoms with van der Waals surface area (Å²) in [5.74, 6) is -0.358. The van der Waals surface area contributed by atoms with Crippen LogP contribution in [0.2, 0.25) is 0 Å². The van der Waals surface area contributed by atoms with E-state index in [1.54, 1.807) is 66.2 Å². The first-order valence-corrected chi connectivity index (χ1v) is 15.2. The summed E-state index contributed by atoms with van der Waals surface area (Å²) in [4.78, 5) is 43.0. The molecule has 1 aliphatic rings. The number of urea groups is 1. The summed E-state index contributed by atoms with van der Waals surface area (Å²) in [5, 5.41) is 15.9. The molecule has 3 N–H and O–H groups in total. The number of ether oxygens (including phenoxy) is 2. The van der Waals surface area contributed by atoms with Crippen molar-refractivity contribution in [3.05, 3.63) is 59.7 Å². The van der Waals surface area contributed by atoms with E-state index in [0.29, 0.717) is 35.7 Å². The Kier molecular flexibility index (Phi) is 12.8. The minimum atomic E-state index is -0.502. The quantitative estimate of drug-likeness (QED) is 0.423. The third-order valence-corrected chi connectivity index (χ3v) is 7.56. The van der Waals surface area contributed by atoms with Crippen molar-refractivity contribution in [2.75, 3.05) is 38.7 Å². The summed E-state index contributed by atoms with van der Waals surface area (Å²) in [6.07, 6.45) is 1.96. The van der Waals surface area contributed by atoms with Crippen LogP contribution in [0.3, 0.4) is 0 Å². The van der Waals surface area contributed by atoms with E-state index in [-0.39, 0.29) is 55.2 Å². The average Bonchev–Trinajstić information content (AvgIpc) is 2.98. The van der Waals surface area contributed by atoms with Crippen LogP contribution in [0.1, 0.15) is 74.6 Å². The fourth-order valence-corrected chi connectivity index (χ4v) is 4.97. The highest BCUT2D eigenvalue weighted by Gasteiger charge is 2.31. The molecule has 0 aromatic heterocycles. The highest BCUT2D eigenvalue weighted by atomic mass is 16.5. The van der Waals surface area contributed by atoms with E-state index in [9.17, 15) is 19.5 Å². The molecular formula is C33H48N4O6. The van der Waals surface area contributed by atoms with E-state index in [2.05, 4.69) is 10.6 Å². The lowest BCUT2D eigenvalue weighted by molar-refractivity contribution is -0.0122. The van der Waals surface area contributed by atoms with Crippen molar-refractivity contribution < 1.29 is 29.0 Å². The Morgan fingerprint density at radius 2 is 1.81 bits per heavy atom. The number of carbonyl (C=O) groups is 3. The van der Waals surface area contributed by atoms with Gasteiger partial charge in [0.05, 0.1) is 30.4 Å². The van der Waals surface area contributed by atoms with Crippen molar-refractivity contribution in [3.63, 3.8) is 0 Å². The highest BCUT2D eigenvalue weighted by Crippen LogP contribution is 2.29. The molecule has 0 saturated carbocycles. The molecule has 0 aliphatic carbocycles. The topological polar surface area (TPSA) is 120 Å². The fourth-order valence-electron chi connectivity index (χ4n) is 4.97. The van der Waals surface area contributed by atoms with Crippen LogP contribution in [0.25, 0.3) is 0 Å². The van der Waals surface area contributed by atoms with Gasteiger partial charge in [0.15, 0.2) is 0 Å². The number of carbonyl (C=O) groups excluding carboxylic acids is 3. The molecule has 2 aromatic rings. The van der Waals surface area contributed by atoms with Crippen molar-refractivity contribution >= 4 is 23.5 Å². The van der Waals surface area contributed by atoms with E-state index in [0.717, 1.165) is 19.3 Å². The van der Waals surface area contributed by atoms with Gasteiger partial charge in [-0.3, -0.25) is 9.59 Å². The van der Waals surface area contributed by atoms with Crippen LogP contribution in [0.5, 0.6) is 5.75 Å². The Morgan fingerprint density at radius 1 is 1.09 bits per heavy atom. The molecule has 236 valence electrons. The largest absolute Gasteiger partial charge is 0.490 e. The third-order valence-electron chi connectivity index (χ3n) is 7.56. The number of likely N-dealkylation sites (N-methyl/N-ethyl adjacent to an activating group) is 1. The molecule has 4 atom stereocenters. The van der Waals surface area contributed by atoms with Crippen LogP contribution in [-0.4, -0.2) is 90.4 Å². The van der Waals surface area contributed by atoms with Gasteiger partial charge in [0.25, 0.3) is 11.8 Å². The van der Waals surface area contributed by atoms with E-state index < -0.39 is 6.04 Å². The Labute approximate surface area is 255 Å². The van der Waals surface area contributed by atoms with Crippen LogP contribution >= 0.6 is 0 Å². The molecular weight excluding hydrogens is 548 g/mol. The van der Waals surface area contributed by atoms with Gasteiger partial charge in [0, 0.05) is 50.0 Å². The molecule has 0 saturated heterocycles.